The molecule has 1 unspecified atom stereocenters. The molecule has 58 valence electrons. The number of fused-ring (bicyclic) bond motifs is 2. The molecule has 0 radical (unpaired) electrons. The third kappa shape index (κ3) is 0.741. The summed E-state index contributed by atoms with van der Waals surface area (Å²) in [6, 6.07) is 2.25. The third-order valence-corrected chi connectivity index (χ3v) is 3.82. The first kappa shape index (κ1) is 6.21. The minimum absolute atomic E-state index is 0.210. The normalized spacial score (nSPS) is 33.8. The van der Waals surface area contributed by atoms with E-state index in [1.807, 2.05) is 11.3 Å². The van der Waals surface area contributed by atoms with E-state index in [1.54, 1.807) is 5.56 Å². The molecular weight excluding hydrogens is 156 g/mol. The minimum atomic E-state index is 0.210. The van der Waals surface area contributed by atoms with Crippen LogP contribution in [0.2, 0.25) is 0 Å². The van der Waals surface area contributed by atoms with Gasteiger partial charge >= 0.3 is 0 Å². The van der Waals surface area contributed by atoms with Crippen LogP contribution in [0.1, 0.15) is 23.3 Å². The Hall–Kier alpha value is -0.340. The Labute approximate surface area is 70.0 Å². The number of ether oxygens (including phenoxy) is 1. The van der Waals surface area contributed by atoms with E-state index in [-0.39, 0.29) is 5.60 Å². The molecule has 1 aliphatic heterocycles. The van der Waals surface area contributed by atoms with Crippen LogP contribution in [0.25, 0.3) is 0 Å². The summed E-state index contributed by atoms with van der Waals surface area (Å²) >= 11 is 1.87. The maximum atomic E-state index is 5.53. The van der Waals surface area contributed by atoms with Crippen LogP contribution in [0.4, 0.5) is 0 Å². The Bertz CT molecular complexity index is 286. The van der Waals surface area contributed by atoms with Gasteiger partial charge < -0.3 is 4.74 Å². The summed E-state index contributed by atoms with van der Waals surface area (Å²) in [6.45, 7) is 0.973. The molecule has 1 nitrogen and oxygen atoms in total. The fraction of sp³-hybridized carbons (Fsp3) is 0.556. The highest BCUT2D eigenvalue weighted by molar-refractivity contribution is 7.10. The first-order valence-corrected chi connectivity index (χ1v) is 4.99. The lowest BCUT2D eigenvalue weighted by molar-refractivity contribution is 0.282. The first-order chi connectivity index (χ1) is 5.41. The second kappa shape index (κ2) is 1.87. The average molecular weight is 166 g/mol. The average Bonchev–Trinajstić information content (AvgIpc) is 2.63. The van der Waals surface area contributed by atoms with Gasteiger partial charge in [-0.05, 0) is 36.3 Å². The molecule has 1 spiro atoms. The van der Waals surface area contributed by atoms with Crippen molar-refractivity contribution in [2.75, 3.05) is 6.61 Å². The van der Waals surface area contributed by atoms with E-state index in [4.69, 9.17) is 4.74 Å². The zero-order valence-electron chi connectivity index (χ0n) is 6.30. The minimum Gasteiger partial charge on any atom is -0.364 e. The zero-order chi connectivity index (χ0) is 7.31. The maximum absolute atomic E-state index is 5.53. The monoisotopic (exact) mass is 166 g/mol. The first-order valence-electron chi connectivity index (χ1n) is 4.12. The van der Waals surface area contributed by atoms with Gasteiger partial charge in [-0.25, -0.2) is 0 Å². The fourth-order valence-electron chi connectivity index (χ4n) is 1.97. The predicted molar refractivity (Wildman–Crippen MR) is 44.9 cm³/mol. The molecule has 0 saturated carbocycles. The molecule has 3 rings (SSSR count). The van der Waals surface area contributed by atoms with Gasteiger partial charge in [-0.2, -0.15) is 0 Å². The standard InChI is InChI=1S/C9H10OS/c1-2-7-3-5-11-8(7)9(4-1)6-10-9/h3,5H,1-2,4,6H2. The lowest BCUT2D eigenvalue weighted by Crippen LogP contribution is -2.14. The van der Waals surface area contributed by atoms with Gasteiger partial charge in [0.15, 0.2) is 0 Å². The van der Waals surface area contributed by atoms with Gasteiger partial charge in [-0.1, -0.05) is 0 Å². The highest BCUT2D eigenvalue weighted by Gasteiger charge is 2.49. The van der Waals surface area contributed by atoms with Crippen molar-refractivity contribution < 1.29 is 4.74 Å². The van der Waals surface area contributed by atoms with Gasteiger partial charge in [-0.15, -0.1) is 11.3 Å². The Morgan fingerprint density at radius 1 is 1.55 bits per heavy atom. The van der Waals surface area contributed by atoms with E-state index in [2.05, 4.69) is 11.4 Å². The summed E-state index contributed by atoms with van der Waals surface area (Å²) in [6.07, 6.45) is 3.83. The summed E-state index contributed by atoms with van der Waals surface area (Å²) in [4.78, 5) is 1.52. The van der Waals surface area contributed by atoms with E-state index in [0.29, 0.717) is 0 Å². The van der Waals surface area contributed by atoms with Crippen LogP contribution in [0.5, 0.6) is 0 Å². The summed E-state index contributed by atoms with van der Waals surface area (Å²) in [5, 5.41) is 2.19. The molecule has 1 atom stereocenters. The van der Waals surface area contributed by atoms with Crippen LogP contribution >= 0.6 is 11.3 Å². The highest BCUT2D eigenvalue weighted by Crippen LogP contribution is 2.49. The van der Waals surface area contributed by atoms with Crippen LogP contribution in [0, 0.1) is 0 Å². The summed E-state index contributed by atoms with van der Waals surface area (Å²) in [5.41, 5.74) is 1.75. The van der Waals surface area contributed by atoms with Crippen molar-refractivity contribution in [1.82, 2.24) is 0 Å². The molecule has 1 aromatic heterocycles. The predicted octanol–water partition coefficient (Wildman–Crippen LogP) is 2.31. The molecule has 1 aromatic rings. The van der Waals surface area contributed by atoms with Crippen molar-refractivity contribution >= 4 is 11.3 Å². The summed E-state index contributed by atoms with van der Waals surface area (Å²) < 4.78 is 5.53. The van der Waals surface area contributed by atoms with Crippen LogP contribution in [-0.2, 0) is 16.8 Å². The zero-order valence-corrected chi connectivity index (χ0v) is 7.12. The molecule has 1 fully saturated rings. The van der Waals surface area contributed by atoms with E-state index in [1.165, 1.54) is 24.1 Å². The quantitative estimate of drug-likeness (QED) is 0.539. The molecule has 11 heavy (non-hydrogen) atoms. The smallest absolute Gasteiger partial charge is 0.126 e. The van der Waals surface area contributed by atoms with Crippen molar-refractivity contribution in [2.24, 2.45) is 0 Å². The number of hydrogen-bond donors (Lipinski definition) is 0. The summed E-state index contributed by atoms with van der Waals surface area (Å²) in [5.74, 6) is 0. The van der Waals surface area contributed by atoms with E-state index < -0.39 is 0 Å². The molecule has 0 aromatic carbocycles. The highest BCUT2D eigenvalue weighted by atomic mass is 32.1. The Morgan fingerprint density at radius 2 is 2.45 bits per heavy atom. The van der Waals surface area contributed by atoms with Crippen LogP contribution in [0.15, 0.2) is 11.4 Å². The molecule has 0 bridgehead atoms. The van der Waals surface area contributed by atoms with Crippen molar-refractivity contribution in [3.8, 4) is 0 Å². The Morgan fingerprint density at radius 3 is 3.27 bits per heavy atom. The van der Waals surface area contributed by atoms with Gasteiger partial charge in [0.05, 0.1) is 6.61 Å². The van der Waals surface area contributed by atoms with Crippen molar-refractivity contribution in [3.63, 3.8) is 0 Å². The summed E-state index contributed by atoms with van der Waals surface area (Å²) in [7, 11) is 0. The van der Waals surface area contributed by atoms with Gasteiger partial charge in [0, 0.05) is 4.88 Å². The number of thiophene rings is 1. The lowest BCUT2D eigenvalue weighted by Gasteiger charge is -2.17. The Kier molecular flexibility index (Phi) is 1.06. The van der Waals surface area contributed by atoms with Gasteiger partial charge in [0.2, 0.25) is 0 Å². The molecule has 2 heteroatoms. The van der Waals surface area contributed by atoms with Crippen LogP contribution < -0.4 is 0 Å². The van der Waals surface area contributed by atoms with E-state index >= 15 is 0 Å². The van der Waals surface area contributed by atoms with Crippen molar-refractivity contribution in [3.05, 3.63) is 21.9 Å². The van der Waals surface area contributed by atoms with Crippen LogP contribution in [0.3, 0.4) is 0 Å². The van der Waals surface area contributed by atoms with Crippen molar-refractivity contribution in [1.29, 1.82) is 0 Å². The van der Waals surface area contributed by atoms with E-state index in [0.717, 1.165) is 6.61 Å². The number of hydrogen-bond acceptors (Lipinski definition) is 2. The Balaban J connectivity index is 2.16. The SMILES string of the molecule is c1cc2c(s1)C1(CCC2)CO1. The second-order valence-corrected chi connectivity index (χ2v) is 4.33. The maximum Gasteiger partial charge on any atom is 0.126 e. The molecule has 1 aliphatic carbocycles. The molecule has 1 saturated heterocycles. The number of aryl methyl sites for hydroxylation is 1. The largest absolute Gasteiger partial charge is 0.364 e. The van der Waals surface area contributed by atoms with Gasteiger partial charge in [0.1, 0.15) is 5.60 Å². The third-order valence-electron chi connectivity index (χ3n) is 2.68. The van der Waals surface area contributed by atoms with E-state index in [9.17, 15) is 0 Å². The lowest BCUT2D eigenvalue weighted by atomic mass is 9.90. The molecule has 2 aliphatic rings. The number of epoxide rings is 1. The van der Waals surface area contributed by atoms with Crippen LogP contribution in [-0.4, -0.2) is 6.61 Å². The topological polar surface area (TPSA) is 12.5 Å². The second-order valence-electron chi connectivity index (χ2n) is 3.41. The van der Waals surface area contributed by atoms with Gasteiger partial charge in [-0.3, -0.25) is 0 Å². The molecular formula is C9H10OS. The molecule has 0 N–H and O–H groups in total. The number of rotatable bonds is 0. The molecule has 0 amide bonds. The molecule has 2 heterocycles. The fourth-order valence-corrected chi connectivity index (χ4v) is 3.10. The van der Waals surface area contributed by atoms with Crippen molar-refractivity contribution in [2.45, 2.75) is 24.9 Å². The van der Waals surface area contributed by atoms with Gasteiger partial charge in [0.25, 0.3) is 0 Å².